The van der Waals surface area contributed by atoms with Crippen LogP contribution in [0.2, 0.25) is 0 Å². The largest absolute Gasteiger partial charge is 0.507 e. The van der Waals surface area contributed by atoms with E-state index in [-0.39, 0.29) is 40.9 Å². The highest BCUT2D eigenvalue weighted by Crippen LogP contribution is 2.54. The zero-order chi connectivity index (χ0) is 37.7. The van der Waals surface area contributed by atoms with Crippen LogP contribution in [0.4, 0.5) is 11.6 Å². The van der Waals surface area contributed by atoms with Crippen molar-refractivity contribution >= 4 is 34.3 Å². The van der Waals surface area contributed by atoms with Crippen LogP contribution < -0.4 is 21.6 Å². The molecule has 2 fully saturated rings. The minimum Gasteiger partial charge on any atom is -0.507 e. The number of rotatable bonds is 6. The molecule has 14 heteroatoms. The number of pyridine rings is 2. The van der Waals surface area contributed by atoms with Crippen LogP contribution in [0.25, 0.3) is 22.2 Å². The molecule has 4 aromatic rings. The highest BCUT2D eigenvalue weighted by molar-refractivity contribution is 6.07. The molecule has 54 heavy (non-hydrogen) atoms. The number of nitrogens with zero attached hydrogens (tertiary/aromatic N) is 4. The summed E-state index contributed by atoms with van der Waals surface area (Å²) in [6.45, 7) is 6.42. The van der Waals surface area contributed by atoms with Gasteiger partial charge < -0.3 is 45.2 Å². The van der Waals surface area contributed by atoms with E-state index in [1.807, 2.05) is 18.2 Å². The van der Waals surface area contributed by atoms with E-state index < -0.39 is 46.8 Å². The molecule has 8 heterocycles. The van der Waals surface area contributed by atoms with Gasteiger partial charge in [-0.25, -0.2) is 14.8 Å². The van der Waals surface area contributed by atoms with Gasteiger partial charge in [-0.15, -0.1) is 0 Å². The number of fused-ring (bicyclic) bond motifs is 5. The number of aromatic nitrogens is 2. The number of aliphatic hydroxyl groups excluding tert-OH is 1. The normalized spacial score (nSPS) is 26.3. The molecule has 5 aliphatic rings. The van der Waals surface area contributed by atoms with Crippen LogP contribution in [0.5, 0.6) is 11.5 Å². The van der Waals surface area contributed by atoms with Gasteiger partial charge in [-0.3, -0.25) is 9.79 Å². The molecular weight excluding hydrogens is 692 g/mol. The monoisotopic (exact) mass is 732 g/mol. The first-order valence-corrected chi connectivity index (χ1v) is 18.1. The van der Waals surface area contributed by atoms with Gasteiger partial charge in [0.05, 0.1) is 48.3 Å². The number of phenolic OH excluding ortho intramolecular Hbond substituents is 1. The maximum Gasteiger partial charge on any atom is 0.341 e. The molecule has 5 aliphatic heterocycles. The Kier molecular flexibility index (Phi) is 7.66. The summed E-state index contributed by atoms with van der Waals surface area (Å²) in [6, 6.07) is 10.3. The van der Waals surface area contributed by atoms with E-state index in [1.54, 1.807) is 45.2 Å². The number of aliphatic hydroxyl groups is 1. The number of benzene rings is 1. The van der Waals surface area contributed by atoms with Gasteiger partial charge in [-0.1, -0.05) is 0 Å². The first-order valence-electron chi connectivity index (χ1n) is 18.1. The fraction of sp³-hybridized carbons (Fsp3) is 0.375. The maximum absolute atomic E-state index is 14.0. The average molecular weight is 733 g/mol. The maximum atomic E-state index is 14.0. The summed E-state index contributed by atoms with van der Waals surface area (Å²) < 4.78 is 24.3. The third-order valence-corrected chi connectivity index (χ3v) is 11.1. The number of anilines is 2. The number of esters is 1. The number of aryl methyl sites for hydroxylation is 2. The first kappa shape index (κ1) is 34.1. The van der Waals surface area contributed by atoms with Crippen LogP contribution in [0, 0.1) is 6.92 Å². The lowest BCUT2D eigenvalue weighted by Crippen LogP contribution is -2.56. The summed E-state index contributed by atoms with van der Waals surface area (Å²) in [7, 11) is 0. The van der Waals surface area contributed by atoms with Gasteiger partial charge >= 0.3 is 5.97 Å². The van der Waals surface area contributed by atoms with Crippen molar-refractivity contribution in [3.8, 4) is 22.8 Å². The number of hydrogen-bond donors (Lipinski definition) is 4. The molecule has 0 radical (unpaired) electrons. The second-order valence-corrected chi connectivity index (χ2v) is 15.4. The minimum atomic E-state index is -1.24. The van der Waals surface area contributed by atoms with Crippen LogP contribution in [0.3, 0.4) is 0 Å². The molecule has 0 saturated carbocycles. The number of ether oxygens (including phenoxy) is 3. The van der Waals surface area contributed by atoms with Gasteiger partial charge in [-0.05, 0) is 82.4 Å². The average Bonchev–Trinajstić information content (AvgIpc) is 3.43. The summed E-state index contributed by atoms with van der Waals surface area (Å²) >= 11 is 0. The van der Waals surface area contributed by atoms with E-state index in [4.69, 9.17) is 30.1 Å². The number of epoxide rings is 1. The van der Waals surface area contributed by atoms with Crippen LogP contribution in [0.15, 0.2) is 74.7 Å². The van der Waals surface area contributed by atoms with E-state index in [1.165, 1.54) is 6.07 Å². The molecule has 5 unspecified atom stereocenters. The van der Waals surface area contributed by atoms with Crippen molar-refractivity contribution in [2.24, 2.45) is 4.99 Å². The third-order valence-electron chi connectivity index (χ3n) is 11.1. The molecule has 0 amide bonds. The Morgan fingerprint density at radius 2 is 1.87 bits per heavy atom. The van der Waals surface area contributed by atoms with Crippen molar-refractivity contribution < 1.29 is 33.6 Å². The van der Waals surface area contributed by atoms with Gasteiger partial charge in [0.25, 0.3) is 0 Å². The zero-order valence-electron chi connectivity index (χ0n) is 30.0. The SMILES string of the molecule is Cc1cc(=O)c2c(O)c3c(cc2o1)OC(C)(C)C1OC(=O)C2(CCC(O)C31)OC2CCc1cc(N)nc(-c2cc(N)nc(CN3C=C4C=CN=C4C3)c2)c1. The number of nitrogen functional groups attached to an aromatic ring is 2. The Labute approximate surface area is 309 Å². The lowest BCUT2D eigenvalue weighted by atomic mass is 9.74. The second kappa shape index (κ2) is 12.1. The second-order valence-electron chi connectivity index (χ2n) is 15.4. The van der Waals surface area contributed by atoms with Crippen molar-refractivity contribution in [1.82, 2.24) is 14.9 Å². The number of carbonyl (C=O) groups excluding carboxylic acids is 1. The van der Waals surface area contributed by atoms with Crippen molar-refractivity contribution in [1.29, 1.82) is 0 Å². The van der Waals surface area contributed by atoms with Gasteiger partial charge in [-0.2, -0.15) is 0 Å². The number of nitrogens with two attached hydrogens (primary N) is 2. The molecule has 278 valence electrons. The molecule has 0 bridgehead atoms. The Morgan fingerprint density at radius 1 is 1.06 bits per heavy atom. The molecule has 1 aromatic carbocycles. The summed E-state index contributed by atoms with van der Waals surface area (Å²) in [5.41, 5.74) is 15.4. The molecule has 2 saturated heterocycles. The molecule has 9 rings (SSSR count). The predicted molar refractivity (Wildman–Crippen MR) is 199 cm³/mol. The third kappa shape index (κ3) is 5.67. The van der Waals surface area contributed by atoms with Crippen molar-refractivity contribution in [2.75, 3.05) is 18.0 Å². The van der Waals surface area contributed by atoms with Crippen molar-refractivity contribution in [3.63, 3.8) is 0 Å². The highest BCUT2D eigenvalue weighted by atomic mass is 16.7. The Balaban J connectivity index is 0.925. The summed E-state index contributed by atoms with van der Waals surface area (Å²) in [6.07, 6.45) is 4.74. The summed E-state index contributed by atoms with van der Waals surface area (Å²) in [5.74, 6) is -0.423. The molecule has 6 N–H and O–H groups in total. The van der Waals surface area contributed by atoms with Crippen molar-refractivity contribution in [2.45, 2.75) is 88.4 Å². The number of aliphatic imine (C=N–C) groups is 1. The van der Waals surface area contributed by atoms with Gasteiger partial charge in [0.2, 0.25) is 0 Å². The highest BCUT2D eigenvalue weighted by Gasteiger charge is 2.66. The number of carbonyl (C=O) groups is 1. The first-order chi connectivity index (χ1) is 25.8. The topological polar surface area (TPSA) is 212 Å². The molecule has 5 atom stereocenters. The number of phenols is 1. The van der Waals surface area contributed by atoms with E-state index in [2.05, 4.69) is 26.1 Å². The van der Waals surface area contributed by atoms with Crippen molar-refractivity contribution in [3.05, 3.63) is 93.3 Å². The number of hydrogen-bond acceptors (Lipinski definition) is 14. The van der Waals surface area contributed by atoms with Gasteiger partial charge in [0, 0.05) is 41.2 Å². The summed E-state index contributed by atoms with van der Waals surface area (Å²) in [5, 5.41) is 23.1. The molecular formula is C40H40N6O8. The smallest absolute Gasteiger partial charge is 0.341 e. The van der Waals surface area contributed by atoms with E-state index in [9.17, 15) is 19.8 Å². The van der Waals surface area contributed by atoms with Crippen LogP contribution in [-0.4, -0.2) is 72.8 Å². The van der Waals surface area contributed by atoms with Crippen LogP contribution in [-0.2, 0) is 27.2 Å². The Hall–Kier alpha value is -5.73. The predicted octanol–water partition coefficient (Wildman–Crippen LogP) is 4.19. The van der Waals surface area contributed by atoms with Crippen LogP contribution >= 0.6 is 0 Å². The summed E-state index contributed by atoms with van der Waals surface area (Å²) in [4.78, 5) is 42.6. The van der Waals surface area contributed by atoms with E-state index in [0.29, 0.717) is 49.0 Å². The van der Waals surface area contributed by atoms with E-state index >= 15 is 0 Å². The van der Waals surface area contributed by atoms with Gasteiger partial charge in [0.1, 0.15) is 45.5 Å². The molecule has 3 aromatic heterocycles. The van der Waals surface area contributed by atoms with E-state index in [0.717, 1.165) is 28.1 Å². The minimum absolute atomic E-state index is 0.0210. The lowest BCUT2D eigenvalue weighted by Gasteiger charge is -2.47. The molecule has 14 nitrogen and oxygen atoms in total. The fourth-order valence-corrected chi connectivity index (χ4v) is 8.54. The lowest BCUT2D eigenvalue weighted by molar-refractivity contribution is -0.179. The van der Waals surface area contributed by atoms with Crippen LogP contribution in [0.1, 0.15) is 61.6 Å². The van der Waals surface area contributed by atoms with Gasteiger partial charge in [0.15, 0.2) is 17.1 Å². The Bertz CT molecular complexity index is 2420. The zero-order valence-corrected chi connectivity index (χ0v) is 30.0. The standard InChI is InChI=1S/C40H40N6O8/c1-19-10-27(48)33-28(51-19)15-29-35(36(33)49)34-26(47)6-8-40(38(50)52-37(34)39(2,3)53-29)30(54-40)5-4-20-11-24(45-31(41)12-20)22-13-23(44-32(42)14-22)17-46-16-21-7-9-43-25(21)18-46/h7,9-16,26,30,34,37,47,49H,4-6,8,17-18H2,1-3H3,(H2,41,45)(H2,42,44). The number of allylic oxidation sites excluding steroid dienone is 1. The quantitative estimate of drug-likeness (QED) is 0.162. The molecule has 0 aliphatic carbocycles. The molecule has 1 spiro atoms. The fourth-order valence-electron chi connectivity index (χ4n) is 8.54. The number of aromatic hydroxyl groups is 1. The Morgan fingerprint density at radius 3 is 2.69 bits per heavy atom.